The topological polar surface area (TPSA) is 27.0 Å². The van der Waals surface area contributed by atoms with Crippen LogP contribution in [0.5, 0.6) is 0 Å². The van der Waals surface area contributed by atoms with Crippen molar-refractivity contribution >= 4 is 17.1 Å². The first-order chi connectivity index (χ1) is 23.6. The molecule has 7 aromatic rings. The molecule has 0 amide bonds. The first kappa shape index (κ1) is 28.0. The van der Waals surface area contributed by atoms with Crippen molar-refractivity contribution in [3.05, 3.63) is 197 Å². The van der Waals surface area contributed by atoms with E-state index in [-0.39, 0.29) is 0 Å². The minimum Gasteiger partial charge on any atom is -0.309 e. The zero-order chi connectivity index (χ0) is 32.4. The Morgan fingerprint density at radius 1 is 0.479 bits per heavy atom. The highest BCUT2D eigenvalue weighted by molar-refractivity contribution is 6.02. The number of anilines is 3. The van der Waals surface area contributed by atoms with Gasteiger partial charge in [-0.25, -0.2) is 8.78 Å². The number of fused-ring (bicyclic) bond motifs is 10. The second kappa shape index (κ2) is 10.6. The second-order valence-electron chi connectivity index (χ2n) is 12.3. The fourth-order valence-electron chi connectivity index (χ4n) is 8.03. The molecule has 48 heavy (non-hydrogen) atoms. The average Bonchev–Trinajstić information content (AvgIpc) is 3.60. The summed E-state index contributed by atoms with van der Waals surface area (Å²) >= 11 is 0. The monoisotopic (exact) mass is 620 g/mol. The number of nitriles is 1. The smallest absolute Gasteiger partial charge is 0.126 e. The van der Waals surface area contributed by atoms with E-state index in [1.54, 1.807) is 12.1 Å². The number of para-hydroxylation sites is 1. The maximum absolute atomic E-state index is 14.6. The van der Waals surface area contributed by atoms with Crippen molar-refractivity contribution in [2.75, 3.05) is 4.90 Å². The van der Waals surface area contributed by atoms with E-state index in [1.165, 1.54) is 45.5 Å². The molecule has 2 aliphatic rings. The average molecular weight is 621 g/mol. The minimum atomic E-state index is -0.639. The number of rotatable bonds is 4. The normalized spacial score (nSPS) is 12.9. The van der Waals surface area contributed by atoms with Crippen LogP contribution in [-0.2, 0) is 5.41 Å². The van der Waals surface area contributed by atoms with E-state index < -0.39 is 17.0 Å². The summed E-state index contributed by atoms with van der Waals surface area (Å²) in [5.41, 5.74) is 13.2. The Balaban J connectivity index is 1.38. The summed E-state index contributed by atoms with van der Waals surface area (Å²) in [7, 11) is 0. The van der Waals surface area contributed by atoms with Crippen LogP contribution in [0.2, 0.25) is 0 Å². The number of hydrogen-bond acceptors (Lipinski definition) is 2. The molecule has 0 saturated heterocycles. The SMILES string of the molecule is N#Cc1ccc(N(c2ccccc2-c2cc(F)cc(F)c2)c2cccc3c2-c2ccccc2C32c3ccccc3-c3ccccc32)cc1. The molecule has 9 rings (SSSR count). The number of benzene rings is 7. The lowest BCUT2D eigenvalue weighted by Gasteiger charge is -2.32. The molecular formula is C44H26F2N2. The minimum absolute atomic E-state index is 0.435. The van der Waals surface area contributed by atoms with E-state index in [0.29, 0.717) is 16.7 Å². The molecule has 0 bridgehead atoms. The van der Waals surface area contributed by atoms with Crippen LogP contribution in [0.15, 0.2) is 158 Å². The Morgan fingerprint density at radius 2 is 0.979 bits per heavy atom. The molecule has 0 heterocycles. The highest BCUT2D eigenvalue weighted by Crippen LogP contribution is 2.64. The summed E-state index contributed by atoms with van der Waals surface area (Å²) in [5, 5.41) is 9.63. The Bertz CT molecular complexity index is 2390. The quantitative estimate of drug-likeness (QED) is 0.196. The molecule has 1 spiro atoms. The van der Waals surface area contributed by atoms with Gasteiger partial charge < -0.3 is 4.90 Å². The van der Waals surface area contributed by atoms with Crippen molar-refractivity contribution in [3.8, 4) is 39.4 Å². The number of nitrogens with zero attached hydrogens (tertiary/aromatic N) is 2. The van der Waals surface area contributed by atoms with Crippen LogP contribution >= 0.6 is 0 Å². The van der Waals surface area contributed by atoms with Gasteiger partial charge >= 0.3 is 0 Å². The van der Waals surface area contributed by atoms with Gasteiger partial charge in [-0.1, -0.05) is 103 Å². The molecule has 0 aromatic heterocycles. The van der Waals surface area contributed by atoms with Crippen molar-refractivity contribution in [1.82, 2.24) is 0 Å². The molecule has 0 saturated carbocycles. The van der Waals surface area contributed by atoms with Crippen LogP contribution < -0.4 is 4.90 Å². The van der Waals surface area contributed by atoms with Crippen molar-refractivity contribution < 1.29 is 8.78 Å². The van der Waals surface area contributed by atoms with Crippen LogP contribution in [0.4, 0.5) is 25.8 Å². The first-order valence-electron chi connectivity index (χ1n) is 15.9. The summed E-state index contributed by atoms with van der Waals surface area (Å²) in [6.07, 6.45) is 0. The lowest BCUT2D eigenvalue weighted by molar-refractivity contribution is 0.584. The molecule has 7 aromatic carbocycles. The molecule has 2 nitrogen and oxygen atoms in total. The number of halogens is 2. The third kappa shape index (κ3) is 3.88. The van der Waals surface area contributed by atoms with Gasteiger partial charge in [-0.2, -0.15) is 5.26 Å². The predicted octanol–water partition coefficient (Wildman–Crippen LogP) is 11.3. The molecule has 0 fully saturated rings. The highest BCUT2D eigenvalue weighted by atomic mass is 19.1. The number of hydrogen-bond donors (Lipinski definition) is 0. The molecule has 4 heteroatoms. The van der Waals surface area contributed by atoms with Gasteiger partial charge in [0.2, 0.25) is 0 Å². The summed E-state index contributed by atoms with van der Waals surface area (Å²) < 4.78 is 29.3. The standard InChI is InChI=1S/C44H26F2N2/c45-30-24-29(25-31(46)26-30)33-10-4-8-18-41(33)48(32-22-20-28(27-47)21-23-32)42-19-9-17-40-43(42)36-13-3-7-16-39(36)44(40)37-14-5-1-11-34(37)35-12-2-6-15-38(35)44/h1-26H. The zero-order valence-electron chi connectivity index (χ0n) is 25.7. The van der Waals surface area contributed by atoms with E-state index >= 15 is 0 Å². The van der Waals surface area contributed by atoms with Crippen LogP contribution in [0, 0.1) is 23.0 Å². The van der Waals surface area contributed by atoms with Gasteiger partial charge in [0.05, 0.1) is 28.4 Å². The Kier molecular flexibility index (Phi) is 6.19. The van der Waals surface area contributed by atoms with Gasteiger partial charge in [-0.05, 0) is 93.0 Å². The van der Waals surface area contributed by atoms with E-state index in [0.717, 1.165) is 34.3 Å². The maximum atomic E-state index is 14.6. The Morgan fingerprint density at radius 3 is 1.60 bits per heavy atom. The molecule has 0 unspecified atom stereocenters. The Hall–Kier alpha value is -6.31. The first-order valence-corrected chi connectivity index (χ1v) is 15.9. The summed E-state index contributed by atoms with van der Waals surface area (Å²) in [5.74, 6) is -1.28. The third-order valence-corrected chi connectivity index (χ3v) is 9.81. The van der Waals surface area contributed by atoms with Crippen LogP contribution in [0.3, 0.4) is 0 Å². The molecule has 0 N–H and O–H groups in total. The van der Waals surface area contributed by atoms with Crippen LogP contribution in [0.1, 0.15) is 27.8 Å². The highest BCUT2D eigenvalue weighted by Gasteiger charge is 2.52. The molecule has 2 aliphatic carbocycles. The van der Waals surface area contributed by atoms with Gasteiger partial charge in [0.25, 0.3) is 0 Å². The molecule has 0 radical (unpaired) electrons. The van der Waals surface area contributed by atoms with Crippen LogP contribution in [-0.4, -0.2) is 0 Å². The van der Waals surface area contributed by atoms with E-state index in [1.807, 2.05) is 36.4 Å². The van der Waals surface area contributed by atoms with Gasteiger partial charge in [0.1, 0.15) is 11.6 Å². The lowest BCUT2D eigenvalue weighted by Crippen LogP contribution is -2.26. The fourth-order valence-corrected chi connectivity index (χ4v) is 8.03. The van der Waals surface area contributed by atoms with Gasteiger partial charge in [0.15, 0.2) is 0 Å². The predicted molar refractivity (Wildman–Crippen MR) is 187 cm³/mol. The Labute approximate surface area is 277 Å². The lowest BCUT2D eigenvalue weighted by atomic mass is 9.70. The summed E-state index contributed by atoms with van der Waals surface area (Å²) in [6, 6.07) is 53.5. The molecule has 0 atom stereocenters. The van der Waals surface area contributed by atoms with Crippen molar-refractivity contribution in [1.29, 1.82) is 5.26 Å². The van der Waals surface area contributed by atoms with Crippen LogP contribution in [0.25, 0.3) is 33.4 Å². The molecule has 0 aliphatic heterocycles. The van der Waals surface area contributed by atoms with E-state index in [9.17, 15) is 14.0 Å². The summed E-state index contributed by atoms with van der Waals surface area (Å²) in [6.45, 7) is 0. The van der Waals surface area contributed by atoms with Crippen molar-refractivity contribution in [3.63, 3.8) is 0 Å². The van der Waals surface area contributed by atoms with Gasteiger partial charge in [-0.15, -0.1) is 0 Å². The van der Waals surface area contributed by atoms with Gasteiger partial charge in [0, 0.05) is 22.9 Å². The molecule has 226 valence electrons. The largest absolute Gasteiger partial charge is 0.309 e. The maximum Gasteiger partial charge on any atom is 0.126 e. The summed E-state index contributed by atoms with van der Waals surface area (Å²) in [4.78, 5) is 2.15. The zero-order valence-corrected chi connectivity index (χ0v) is 25.7. The van der Waals surface area contributed by atoms with Crippen molar-refractivity contribution in [2.45, 2.75) is 5.41 Å². The second-order valence-corrected chi connectivity index (χ2v) is 12.3. The van der Waals surface area contributed by atoms with Gasteiger partial charge in [-0.3, -0.25) is 0 Å². The molecular weight excluding hydrogens is 594 g/mol. The fraction of sp³-hybridized carbons (Fsp3) is 0.0227. The van der Waals surface area contributed by atoms with Crippen molar-refractivity contribution in [2.24, 2.45) is 0 Å². The van der Waals surface area contributed by atoms with E-state index in [4.69, 9.17) is 0 Å². The van der Waals surface area contributed by atoms with E-state index in [2.05, 4.69) is 102 Å². The third-order valence-electron chi connectivity index (χ3n) is 9.81.